The van der Waals surface area contributed by atoms with E-state index in [0.717, 1.165) is 27.5 Å². The van der Waals surface area contributed by atoms with Crippen LogP contribution in [0.25, 0.3) is 33.3 Å². The van der Waals surface area contributed by atoms with E-state index in [-0.39, 0.29) is 12.5 Å². The van der Waals surface area contributed by atoms with Crippen molar-refractivity contribution in [3.05, 3.63) is 90.0 Å². The Balaban J connectivity index is 1.34. The molecule has 4 aromatic carbocycles. The van der Waals surface area contributed by atoms with Crippen molar-refractivity contribution in [1.82, 2.24) is 4.98 Å². The topological polar surface area (TPSA) is 64.4 Å². The molecule has 0 fully saturated rings. The molecule has 0 unspecified atom stereocenters. The highest BCUT2D eigenvalue weighted by molar-refractivity contribution is 5.97. The van der Waals surface area contributed by atoms with Crippen LogP contribution in [0.4, 0.5) is 5.69 Å². The summed E-state index contributed by atoms with van der Waals surface area (Å²) in [5, 5.41) is 5.08. The van der Waals surface area contributed by atoms with Gasteiger partial charge in [0.05, 0.1) is 0 Å². The van der Waals surface area contributed by atoms with E-state index in [0.29, 0.717) is 28.4 Å². The number of rotatable bonds is 5. The molecule has 0 atom stereocenters. The minimum Gasteiger partial charge on any atom is -0.483 e. The number of hydrogen-bond acceptors (Lipinski definition) is 4. The van der Waals surface area contributed by atoms with Gasteiger partial charge in [0, 0.05) is 11.3 Å². The van der Waals surface area contributed by atoms with Gasteiger partial charge in [-0.1, -0.05) is 54.1 Å². The Hall–Kier alpha value is -4.12. The molecule has 0 aliphatic rings. The summed E-state index contributed by atoms with van der Waals surface area (Å²) in [7, 11) is 0. The number of hydrogen-bond donors (Lipinski definition) is 1. The monoisotopic (exact) mass is 422 g/mol. The lowest BCUT2D eigenvalue weighted by Crippen LogP contribution is -2.20. The van der Waals surface area contributed by atoms with Crippen LogP contribution in [0, 0.1) is 13.8 Å². The maximum Gasteiger partial charge on any atom is 0.262 e. The molecular weight excluding hydrogens is 400 g/mol. The third kappa shape index (κ3) is 3.93. The van der Waals surface area contributed by atoms with Crippen LogP contribution < -0.4 is 10.1 Å². The number of aryl methyl sites for hydroxylation is 2. The van der Waals surface area contributed by atoms with Gasteiger partial charge >= 0.3 is 0 Å². The minimum atomic E-state index is -0.234. The van der Waals surface area contributed by atoms with Gasteiger partial charge in [0.1, 0.15) is 11.3 Å². The van der Waals surface area contributed by atoms with E-state index < -0.39 is 0 Å². The summed E-state index contributed by atoms with van der Waals surface area (Å²) in [4.78, 5) is 17.1. The van der Waals surface area contributed by atoms with E-state index in [1.54, 1.807) is 6.07 Å². The third-order valence-corrected chi connectivity index (χ3v) is 5.38. The molecule has 0 saturated carbocycles. The van der Waals surface area contributed by atoms with E-state index in [2.05, 4.69) is 28.5 Å². The Kier molecular flexibility index (Phi) is 5.07. The van der Waals surface area contributed by atoms with Gasteiger partial charge in [-0.15, -0.1) is 0 Å². The number of carbonyl (C=O) groups is 1. The number of benzene rings is 4. The van der Waals surface area contributed by atoms with Crippen molar-refractivity contribution in [3.63, 3.8) is 0 Å². The summed E-state index contributed by atoms with van der Waals surface area (Å²) >= 11 is 0. The summed E-state index contributed by atoms with van der Waals surface area (Å²) in [6.07, 6.45) is 0. The average molecular weight is 422 g/mol. The summed E-state index contributed by atoms with van der Waals surface area (Å²) < 4.78 is 11.7. The highest BCUT2D eigenvalue weighted by atomic mass is 16.5. The maximum atomic E-state index is 12.4. The van der Waals surface area contributed by atoms with Crippen LogP contribution in [0.1, 0.15) is 11.1 Å². The smallest absolute Gasteiger partial charge is 0.262 e. The van der Waals surface area contributed by atoms with Crippen LogP contribution in [0.5, 0.6) is 5.75 Å². The predicted molar refractivity (Wildman–Crippen MR) is 127 cm³/mol. The van der Waals surface area contributed by atoms with Crippen LogP contribution in [0.2, 0.25) is 0 Å². The van der Waals surface area contributed by atoms with Crippen LogP contribution in [0.3, 0.4) is 0 Å². The van der Waals surface area contributed by atoms with Crippen molar-refractivity contribution in [2.75, 3.05) is 11.9 Å². The summed E-state index contributed by atoms with van der Waals surface area (Å²) in [6.45, 7) is 3.92. The van der Waals surface area contributed by atoms with E-state index >= 15 is 0 Å². The lowest BCUT2D eigenvalue weighted by atomic mass is 10.0. The Bertz CT molecular complexity index is 1450. The molecule has 5 heteroatoms. The second-order valence-electron chi connectivity index (χ2n) is 7.83. The molecule has 5 nitrogen and oxygen atoms in total. The Labute approximate surface area is 185 Å². The molecule has 1 N–H and O–H groups in total. The molecule has 0 aliphatic carbocycles. The first-order valence-electron chi connectivity index (χ1n) is 10.5. The minimum absolute atomic E-state index is 0.0675. The van der Waals surface area contributed by atoms with Crippen molar-refractivity contribution >= 4 is 33.5 Å². The second-order valence-corrected chi connectivity index (χ2v) is 7.83. The van der Waals surface area contributed by atoms with Gasteiger partial charge in [0.2, 0.25) is 5.89 Å². The Morgan fingerprint density at radius 1 is 0.969 bits per heavy atom. The van der Waals surface area contributed by atoms with Crippen LogP contribution in [-0.2, 0) is 4.79 Å². The number of nitrogens with one attached hydrogen (secondary N) is 1. The van der Waals surface area contributed by atoms with Gasteiger partial charge in [0.25, 0.3) is 5.91 Å². The fourth-order valence-corrected chi connectivity index (χ4v) is 3.83. The highest BCUT2D eigenvalue weighted by Gasteiger charge is 2.13. The number of carbonyl (C=O) groups excluding carboxylic acids is 1. The van der Waals surface area contributed by atoms with Crippen molar-refractivity contribution in [3.8, 4) is 17.2 Å². The SMILES string of the molecule is Cc1ccc(OCC(=O)Nc2ccc3oc(-c4cccc5ccccc45)nc3c2)c(C)c1. The molecule has 0 saturated heterocycles. The number of nitrogens with zero attached hydrogens (tertiary/aromatic N) is 1. The Morgan fingerprint density at radius 3 is 2.69 bits per heavy atom. The molecule has 0 spiro atoms. The van der Waals surface area contributed by atoms with Crippen molar-refractivity contribution in [2.45, 2.75) is 13.8 Å². The van der Waals surface area contributed by atoms with Crippen molar-refractivity contribution in [2.24, 2.45) is 0 Å². The molecule has 1 amide bonds. The normalized spacial score (nSPS) is 11.1. The van der Waals surface area contributed by atoms with E-state index in [4.69, 9.17) is 9.15 Å². The van der Waals surface area contributed by atoms with Gasteiger partial charge in [-0.25, -0.2) is 4.98 Å². The van der Waals surface area contributed by atoms with Crippen molar-refractivity contribution in [1.29, 1.82) is 0 Å². The number of amides is 1. The number of fused-ring (bicyclic) bond motifs is 2. The van der Waals surface area contributed by atoms with Crippen LogP contribution >= 0.6 is 0 Å². The fourth-order valence-electron chi connectivity index (χ4n) is 3.83. The van der Waals surface area contributed by atoms with Gasteiger partial charge in [-0.05, 0) is 60.5 Å². The summed E-state index contributed by atoms with van der Waals surface area (Å²) in [5.41, 5.74) is 5.08. The summed E-state index contributed by atoms with van der Waals surface area (Å²) in [6, 6.07) is 25.5. The van der Waals surface area contributed by atoms with E-state index in [1.807, 2.05) is 68.4 Å². The maximum absolute atomic E-state index is 12.4. The molecule has 0 radical (unpaired) electrons. The largest absolute Gasteiger partial charge is 0.483 e. The van der Waals surface area contributed by atoms with Crippen LogP contribution in [-0.4, -0.2) is 17.5 Å². The zero-order valence-corrected chi connectivity index (χ0v) is 17.9. The Morgan fingerprint density at radius 2 is 1.81 bits per heavy atom. The quantitative estimate of drug-likeness (QED) is 0.362. The third-order valence-electron chi connectivity index (χ3n) is 5.38. The molecule has 5 aromatic rings. The zero-order chi connectivity index (χ0) is 22.1. The summed E-state index contributed by atoms with van der Waals surface area (Å²) in [5.74, 6) is 1.03. The molecule has 0 bridgehead atoms. The number of oxazole rings is 1. The predicted octanol–water partition coefficient (Wildman–Crippen LogP) is 6.28. The lowest BCUT2D eigenvalue weighted by Gasteiger charge is -2.10. The second kappa shape index (κ2) is 8.19. The fraction of sp³-hybridized carbons (Fsp3) is 0.111. The highest BCUT2D eigenvalue weighted by Crippen LogP contribution is 2.31. The van der Waals surface area contributed by atoms with Gasteiger partial charge < -0.3 is 14.5 Å². The van der Waals surface area contributed by atoms with Crippen molar-refractivity contribution < 1.29 is 13.9 Å². The molecule has 32 heavy (non-hydrogen) atoms. The van der Waals surface area contributed by atoms with E-state index in [1.165, 1.54) is 0 Å². The standard InChI is InChI=1S/C27H22N2O3/c1-17-10-12-24(18(2)14-17)31-16-26(30)28-20-11-13-25-23(15-20)29-27(32-25)22-9-5-7-19-6-3-4-8-21(19)22/h3-15H,16H2,1-2H3,(H,28,30). The lowest BCUT2D eigenvalue weighted by molar-refractivity contribution is -0.118. The van der Waals surface area contributed by atoms with E-state index in [9.17, 15) is 4.79 Å². The first kappa shape index (κ1) is 19.8. The number of aromatic nitrogens is 1. The average Bonchev–Trinajstić information content (AvgIpc) is 3.21. The molecule has 1 aromatic heterocycles. The molecule has 158 valence electrons. The van der Waals surface area contributed by atoms with Crippen LogP contribution in [0.15, 0.2) is 83.3 Å². The van der Waals surface area contributed by atoms with Gasteiger partial charge in [-0.3, -0.25) is 4.79 Å². The molecule has 0 aliphatic heterocycles. The zero-order valence-electron chi connectivity index (χ0n) is 17.9. The molecule has 5 rings (SSSR count). The first-order valence-corrected chi connectivity index (χ1v) is 10.5. The number of ether oxygens (including phenoxy) is 1. The van der Waals surface area contributed by atoms with Gasteiger partial charge in [0.15, 0.2) is 12.2 Å². The number of anilines is 1. The first-order chi connectivity index (χ1) is 15.6. The molecule has 1 heterocycles. The van der Waals surface area contributed by atoms with Gasteiger partial charge in [-0.2, -0.15) is 0 Å². The molecular formula is C27H22N2O3.